The molecule has 4 rings (SSSR count). The Labute approximate surface area is 162 Å². The van der Waals surface area contributed by atoms with Crippen molar-refractivity contribution in [3.8, 4) is 0 Å². The molecule has 2 aliphatic heterocycles. The van der Waals surface area contributed by atoms with Gasteiger partial charge in [-0.25, -0.2) is 4.39 Å². The van der Waals surface area contributed by atoms with E-state index in [1.807, 2.05) is 18.7 Å². The number of halogens is 1. The summed E-state index contributed by atoms with van der Waals surface area (Å²) in [5.41, 5.74) is 1.14. The van der Waals surface area contributed by atoms with Crippen LogP contribution in [-0.4, -0.2) is 46.9 Å². The molecule has 1 aromatic carbocycles. The average molecular weight is 384 g/mol. The molecular weight excluding hydrogens is 363 g/mol. The van der Waals surface area contributed by atoms with Gasteiger partial charge in [-0.15, -0.1) is 0 Å². The molecule has 146 valence electrons. The molecule has 7 heteroatoms. The van der Waals surface area contributed by atoms with Crippen LogP contribution in [0, 0.1) is 5.82 Å². The molecule has 1 aromatic heterocycles. The normalized spacial score (nSPS) is 23.1. The molecule has 2 amide bonds. The summed E-state index contributed by atoms with van der Waals surface area (Å²) in [6, 6.07) is 9.06. The van der Waals surface area contributed by atoms with Crippen LogP contribution in [-0.2, 0) is 20.9 Å². The fraction of sp³-hybridized carbons (Fsp3) is 0.333. The molecule has 28 heavy (non-hydrogen) atoms. The highest BCUT2D eigenvalue weighted by atomic mass is 19.1. The Bertz CT molecular complexity index is 910. The second kappa shape index (κ2) is 7.24. The van der Waals surface area contributed by atoms with Gasteiger partial charge in [-0.3, -0.25) is 14.5 Å². The summed E-state index contributed by atoms with van der Waals surface area (Å²) in [5.74, 6) is -0.661. The molecule has 0 saturated carbocycles. The van der Waals surface area contributed by atoms with E-state index in [-0.39, 0.29) is 30.2 Å². The number of morpholine rings is 1. The number of rotatable bonds is 4. The van der Waals surface area contributed by atoms with E-state index in [2.05, 4.69) is 0 Å². The van der Waals surface area contributed by atoms with Crippen LogP contribution in [0.15, 0.2) is 52.8 Å². The quantitative estimate of drug-likeness (QED) is 0.759. The monoisotopic (exact) mass is 384 g/mol. The van der Waals surface area contributed by atoms with E-state index in [4.69, 9.17) is 9.15 Å². The van der Waals surface area contributed by atoms with Gasteiger partial charge in [0.25, 0.3) is 11.8 Å². The molecule has 2 atom stereocenters. The number of nitrogens with zero attached hydrogens (tertiary/aromatic N) is 2. The SMILES string of the molecule is CC1CN(C2=C(c3ccc(F)cc3)C(=O)N(Cc3ccco3)C2=O)CC(C)O1. The Morgan fingerprint density at radius 2 is 1.71 bits per heavy atom. The van der Waals surface area contributed by atoms with Gasteiger partial charge in [0.2, 0.25) is 0 Å². The van der Waals surface area contributed by atoms with Crippen LogP contribution in [0.4, 0.5) is 4.39 Å². The zero-order valence-electron chi connectivity index (χ0n) is 15.7. The highest BCUT2D eigenvalue weighted by molar-refractivity contribution is 6.35. The Morgan fingerprint density at radius 3 is 2.32 bits per heavy atom. The number of ether oxygens (including phenoxy) is 1. The molecular formula is C21H21FN2O4. The van der Waals surface area contributed by atoms with Crippen molar-refractivity contribution in [2.75, 3.05) is 13.1 Å². The molecule has 0 radical (unpaired) electrons. The van der Waals surface area contributed by atoms with Gasteiger partial charge >= 0.3 is 0 Å². The van der Waals surface area contributed by atoms with Crippen molar-refractivity contribution < 1.29 is 23.1 Å². The van der Waals surface area contributed by atoms with Crippen molar-refractivity contribution in [2.45, 2.75) is 32.6 Å². The zero-order valence-corrected chi connectivity index (χ0v) is 15.7. The maximum Gasteiger partial charge on any atom is 0.278 e. The molecule has 1 saturated heterocycles. The lowest BCUT2D eigenvalue weighted by atomic mass is 10.0. The zero-order chi connectivity index (χ0) is 19.8. The smallest absolute Gasteiger partial charge is 0.278 e. The average Bonchev–Trinajstić information content (AvgIpc) is 3.24. The van der Waals surface area contributed by atoms with Gasteiger partial charge in [0.15, 0.2) is 0 Å². The van der Waals surface area contributed by atoms with Crippen LogP contribution >= 0.6 is 0 Å². The minimum Gasteiger partial charge on any atom is -0.467 e. The van der Waals surface area contributed by atoms with Crippen molar-refractivity contribution in [2.24, 2.45) is 0 Å². The van der Waals surface area contributed by atoms with E-state index < -0.39 is 11.7 Å². The second-order valence-electron chi connectivity index (χ2n) is 7.17. The maximum atomic E-state index is 13.4. The number of amides is 2. The van der Waals surface area contributed by atoms with Gasteiger partial charge in [0.05, 0.1) is 30.6 Å². The fourth-order valence-corrected chi connectivity index (χ4v) is 3.80. The summed E-state index contributed by atoms with van der Waals surface area (Å²) < 4.78 is 24.5. The van der Waals surface area contributed by atoms with Crippen LogP contribution in [0.25, 0.3) is 5.57 Å². The number of carbonyl (C=O) groups excluding carboxylic acids is 2. The van der Waals surface area contributed by atoms with Crippen LogP contribution in [0.5, 0.6) is 0 Å². The van der Waals surface area contributed by atoms with E-state index in [1.54, 1.807) is 12.1 Å². The molecule has 0 spiro atoms. The highest BCUT2D eigenvalue weighted by Crippen LogP contribution is 2.34. The van der Waals surface area contributed by atoms with Crippen LogP contribution in [0.1, 0.15) is 25.2 Å². The van der Waals surface area contributed by atoms with Gasteiger partial charge in [-0.2, -0.15) is 0 Å². The van der Waals surface area contributed by atoms with Gasteiger partial charge in [0.1, 0.15) is 17.3 Å². The lowest BCUT2D eigenvalue weighted by Crippen LogP contribution is -2.46. The number of furan rings is 1. The molecule has 1 fully saturated rings. The summed E-state index contributed by atoms with van der Waals surface area (Å²) in [7, 11) is 0. The van der Waals surface area contributed by atoms with Gasteiger partial charge in [0, 0.05) is 13.1 Å². The Morgan fingerprint density at radius 1 is 1.04 bits per heavy atom. The van der Waals surface area contributed by atoms with Crippen molar-refractivity contribution in [3.63, 3.8) is 0 Å². The summed E-state index contributed by atoms with van der Waals surface area (Å²) in [4.78, 5) is 29.5. The van der Waals surface area contributed by atoms with E-state index in [9.17, 15) is 14.0 Å². The predicted molar refractivity (Wildman–Crippen MR) is 99.2 cm³/mol. The van der Waals surface area contributed by atoms with Gasteiger partial charge in [-0.05, 0) is 43.7 Å². The van der Waals surface area contributed by atoms with E-state index in [0.717, 1.165) is 0 Å². The Hall–Kier alpha value is -2.93. The molecule has 2 aliphatic rings. The molecule has 2 unspecified atom stereocenters. The molecule has 0 N–H and O–H groups in total. The molecule has 6 nitrogen and oxygen atoms in total. The first-order valence-electron chi connectivity index (χ1n) is 9.23. The molecule has 0 bridgehead atoms. The third kappa shape index (κ3) is 3.33. The second-order valence-corrected chi connectivity index (χ2v) is 7.17. The number of carbonyl (C=O) groups is 2. The molecule has 2 aromatic rings. The minimum absolute atomic E-state index is 0.0499. The first kappa shape index (κ1) is 18.4. The predicted octanol–water partition coefficient (Wildman–Crippen LogP) is 2.81. The Kier molecular flexibility index (Phi) is 4.77. The number of hydrogen-bond donors (Lipinski definition) is 0. The third-order valence-electron chi connectivity index (χ3n) is 4.91. The maximum absolute atomic E-state index is 13.4. The summed E-state index contributed by atoms with van der Waals surface area (Å²) >= 11 is 0. The topological polar surface area (TPSA) is 63.0 Å². The van der Waals surface area contributed by atoms with E-state index in [1.165, 1.54) is 35.4 Å². The summed E-state index contributed by atoms with van der Waals surface area (Å²) in [5, 5.41) is 0. The number of benzene rings is 1. The lowest BCUT2D eigenvalue weighted by Gasteiger charge is -2.37. The van der Waals surface area contributed by atoms with Crippen molar-refractivity contribution >= 4 is 17.4 Å². The first-order chi connectivity index (χ1) is 13.4. The summed E-state index contributed by atoms with van der Waals surface area (Å²) in [6.07, 6.45) is 1.35. The van der Waals surface area contributed by atoms with Crippen LogP contribution < -0.4 is 0 Å². The number of hydrogen-bond acceptors (Lipinski definition) is 5. The lowest BCUT2D eigenvalue weighted by molar-refractivity contribution is -0.139. The van der Waals surface area contributed by atoms with Crippen LogP contribution in [0.2, 0.25) is 0 Å². The summed E-state index contributed by atoms with van der Waals surface area (Å²) in [6.45, 7) is 4.91. The third-order valence-corrected chi connectivity index (χ3v) is 4.91. The van der Waals surface area contributed by atoms with E-state index >= 15 is 0 Å². The fourth-order valence-electron chi connectivity index (χ4n) is 3.80. The number of imide groups is 1. The van der Waals surface area contributed by atoms with Crippen LogP contribution in [0.3, 0.4) is 0 Å². The van der Waals surface area contributed by atoms with E-state index in [0.29, 0.717) is 30.1 Å². The standard InChI is InChI=1S/C21H21FN2O4/c1-13-10-23(11-14(2)28-13)19-18(15-5-7-16(22)8-6-15)20(25)24(21(19)26)12-17-4-3-9-27-17/h3-9,13-14H,10-12H2,1-2H3. The van der Waals surface area contributed by atoms with Crippen molar-refractivity contribution in [3.05, 3.63) is 65.5 Å². The van der Waals surface area contributed by atoms with Gasteiger partial charge in [-0.1, -0.05) is 12.1 Å². The molecule has 3 heterocycles. The van der Waals surface area contributed by atoms with Crippen molar-refractivity contribution in [1.29, 1.82) is 0 Å². The Balaban J connectivity index is 1.76. The van der Waals surface area contributed by atoms with Crippen molar-refractivity contribution in [1.82, 2.24) is 9.80 Å². The first-order valence-corrected chi connectivity index (χ1v) is 9.23. The largest absolute Gasteiger partial charge is 0.467 e. The minimum atomic E-state index is -0.408. The van der Waals surface area contributed by atoms with Gasteiger partial charge < -0.3 is 14.1 Å². The highest BCUT2D eigenvalue weighted by Gasteiger charge is 2.43. The molecule has 0 aliphatic carbocycles.